The molecule has 3 rings (SSSR count). The number of fused-ring (bicyclic) bond motifs is 1. The Hall–Kier alpha value is -1.10. The van der Waals surface area contributed by atoms with Gasteiger partial charge in [-0.25, -0.2) is 0 Å². The van der Waals surface area contributed by atoms with Gasteiger partial charge in [0.2, 0.25) is 0 Å². The number of nitrogens with one attached hydrogen (secondary N) is 1. The SMILES string of the molecule is CN(CCC(O)c1cc2cn[nH]c2cc1Cl)C1CCCCC1. The maximum Gasteiger partial charge on any atom is 0.0816 e. The van der Waals surface area contributed by atoms with E-state index in [-0.39, 0.29) is 0 Å². The molecule has 0 saturated heterocycles. The van der Waals surface area contributed by atoms with Crippen LogP contribution in [0.2, 0.25) is 5.02 Å². The summed E-state index contributed by atoms with van der Waals surface area (Å²) in [5.74, 6) is 0. The fraction of sp³-hybridized carbons (Fsp3) is 0.588. The number of hydrogen-bond acceptors (Lipinski definition) is 3. The van der Waals surface area contributed by atoms with Crippen LogP contribution in [0.4, 0.5) is 0 Å². The lowest BCUT2D eigenvalue weighted by molar-refractivity contribution is 0.125. The molecule has 120 valence electrons. The van der Waals surface area contributed by atoms with E-state index in [1.54, 1.807) is 6.20 Å². The number of H-pyrrole nitrogens is 1. The number of aromatic nitrogens is 2. The van der Waals surface area contributed by atoms with Gasteiger partial charge in [0.1, 0.15) is 0 Å². The molecule has 1 atom stereocenters. The Morgan fingerprint density at radius 2 is 2.14 bits per heavy atom. The largest absolute Gasteiger partial charge is 0.388 e. The van der Waals surface area contributed by atoms with E-state index in [1.807, 2.05) is 12.1 Å². The number of benzene rings is 1. The lowest BCUT2D eigenvalue weighted by atomic mass is 9.94. The standard InChI is InChI=1S/C17H24ClN3O/c1-21(13-5-3-2-4-6-13)8-7-17(22)14-9-12-11-19-20-16(12)10-15(14)18/h9-11,13,17,22H,2-8H2,1H3,(H,19,20). The highest BCUT2D eigenvalue weighted by Gasteiger charge is 2.20. The lowest BCUT2D eigenvalue weighted by Gasteiger charge is -2.31. The number of aliphatic hydroxyl groups is 1. The van der Waals surface area contributed by atoms with Crippen molar-refractivity contribution in [3.63, 3.8) is 0 Å². The van der Waals surface area contributed by atoms with Crippen molar-refractivity contribution < 1.29 is 5.11 Å². The Labute approximate surface area is 136 Å². The highest BCUT2D eigenvalue weighted by Crippen LogP contribution is 2.30. The summed E-state index contributed by atoms with van der Waals surface area (Å²) in [6.07, 6.45) is 8.54. The minimum atomic E-state index is -0.530. The van der Waals surface area contributed by atoms with Gasteiger partial charge in [0.15, 0.2) is 0 Å². The average molecular weight is 322 g/mol. The second-order valence-corrected chi connectivity index (χ2v) is 6.82. The molecule has 1 heterocycles. The molecule has 1 saturated carbocycles. The first-order chi connectivity index (χ1) is 10.6. The zero-order valence-corrected chi connectivity index (χ0v) is 13.8. The number of hydrogen-bond donors (Lipinski definition) is 2. The van der Waals surface area contributed by atoms with Crippen molar-refractivity contribution in [1.82, 2.24) is 15.1 Å². The van der Waals surface area contributed by atoms with Crippen LogP contribution < -0.4 is 0 Å². The monoisotopic (exact) mass is 321 g/mol. The third-order valence-corrected chi connectivity index (χ3v) is 5.20. The Morgan fingerprint density at radius 1 is 1.36 bits per heavy atom. The summed E-state index contributed by atoms with van der Waals surface area (Å²) in [6, 6.07) is 4.45. The van der Waals surface area contributed by atoms with Gasteiger partial charge in [-0.15, -0.1) is 0 Å². The van der Waals surface area contributed by atoms with Crippen LogP contribution in [0, 0.1) is 0 Å². The molecule has 4 nitrogen and oxygen atoms in total. The number of aromatic amines is 1. The van der Waals surface area contributed by atoms with Gasteiger partial charge in [0, 0.05) is 23.0 Å². The Morgan fingerprint density at radius 3 is 2.91 bits per heavy atom. The zero-order chi connectivity index (χ0) is 15.5. The van der Waals surface area contributed by atoms with Crippen molar-refractivity contribution in [1.29, 1.82) is 0 Å². The van der Waals surface area contributed by atoms with Gasteiger partial charge in [-0.3, -0.25) is 5.10 Å². The molecule has 1 aliphatic rings. The first kappa shape index (κ1) is 15.8. The Balaban J connectivity index is 1.62. The lowest BCUT2D eigenvalue weighted by Crippen LogP contribution is -2.34. The normalized spacial score (nSPS) is 18.2. The molecule has 1 aliphatic carbocycles. The van der Waals surface area contributed by atoms with E-state index in [9.17, 15) is 5.11 Å². The predicted molar refractivity (Wildman–Crippen MR) is 90.2 cm³/mol. The van der Waals surface area contributed by atoms with Gasteiger partial charge in [-0.2, -0.15) is 5.10 Å². The van der Waals surface area contributed by atoms with E-state index in [4.69, 9.17) is 11.6 Å². The van der Waals surface area contributed by atoms with Crippen LogP contribution in [0.15, 0.2) is 18.3 Å². The smallest absolute Gasteiger partial charge is 0.0816 e. The maximum absolute atomic E-state index is 10.5. The van der Waals surface area contributed by atoms with E-state index >= 15 is 0 Å². The first-order valence-electron chi connectivity index (χ1n) is 8.16. The second-order valence-electron chi connectivity index (χ2n) is 6.41. The highest BCUT2D eigenvalue weighted by atomic mass is 35.5. The summed E-state index contributed by atoms with van der Waals surface area (Å²) < 4.78 is 0. The van der Waals surface area contributed by atoms with E-state index in [1.165, 1.54) is 32.1 Å². The molecule has 5 heteroatoms. The minimum Gasteiger partial charge on any atom is -0.388 e. The Bertz CT molecular complexity index is 621. The minimum absolute atomic E-state index is 0.530. The predicted octanol–water partition coefficient (Wildman–Crippen LogP) is 3.90. The molecule has 1 fully saturated rings. The molecule has 2 N–H and O–H groups in total. The fourth-order valence-electron chi connectivity index (χ4n) is 3.42. The van der Waals surface area contributed by atoms with Crippen molar-refractivity contribution in [2.24, 2.45) is 0 Å². The summed E-state index contributed by atoms with van der Waals surface area (Å²) in [7, 11) is 2.17. The van der Waals surface area contributed by atoms with Crippen molar-refractivity contribution >= 4 is 22.5 Å². The van der Waals surface area contributed by atoms with Crippen molar-refractivity contribution in [2.75, 3.05) is 13.6 Å². The molecule has 0 radical (unpaired) electrons. The topological polar surface area (TPSA) is 52.1 Å². The van der Waals surface area contributed by atoms with E-state index in [0.29, 0.717) is 17.5 Å². The van der Waals surface area contributed by atoms with Crippen LogP contribution in [0.3, 0.4) is 0 Å². The van der Waals surface area contributed by atoms with E-state index in [2.05, 4.69) is 22.1 Å². The molecule has 0 bridgehead atoms. The van der Waals surface area contributed by atoms with Gasteiger partial charge < -0.3 is 10.0 Å². The van der Waals surface area contributed by atoms with E-state index < -0.39 is 6.10 Å². The third kappa shape index (κ3) is 3.45. The van der Waals surface area contributed by atoms with Crippen LogP contribution in [0.1, 0.15) is 50.2 Å². The summed E-state index contributed by atoms with van der Waals surface area (Å²) in [4.78, 5) is 2.40. The zero-order valence-electron chi connectivity index (χ0n) is 13.1. The van der Waals surface area contributed by atoms with Gasteiger partial charge in [-0.05, 0) is 44.0 Å². The Kier molecular flexibility index (Phi) is 5.01. The van der Waals surface area contributed by atoms with Crippen molar-refractivity contribution in [3.05, 3.63) is 28.9 Å². The molecule has 2 aromatic rings. The van der Waals surface area contributed by atoms with Gasteiger partial charge in [0.05, 0.1) is 17.8 Å². The van der Waals surface area contributed by atoms with Gasteiger partial charge >= 0.3 is 0 Å². The molecule has 0 amide bonds. The summed E-state index contributed by atoms with van der Waals surface area (Å²) in [5.41, 5.74) is 1.70. The molecule has 0 aliphatic heterocycles. The van der Waals surface area contributed by atoms with Crippen molar-refractivity contribution in [3.8, 4) is 0 Å². The first-order valence-corrected chi connectivity index (χ1v) is 8.54. The highest BCUT2D eigenvalue weighted by molar-refractivity contribution is 6.32. The van der Waals surface area contributed by atoms with Crippen LogP contribution in [-0.2, 0) is 0 Å². The number of aliphatic hydroxyl groups excluding tert-OH is 1. The van der Waals surface area contributed by atoms with Gasteiger partial charge in [0.25, 0.3) is 0 Å². The second kappa shape index (κ2) is 6.99. The number of nitrogens with zero attached hydrogens (tertiary/aromatic N) is 2. The van der Waals surface area contributed by atoms with Crippen LogP contribution >= 0.6 is 11.6 Å². The van der Waals surface area contributed by atoms with Gasteiger partial charge in [-0.1, -0.05) is 30.9 Å². The molecule has 22 heavy (non-hydrogen) atoms. The number of halogens is 1. The summed E-state index contributed by atoms with van der Waals surface area (Å²) >= 11 is 6.30. The fourth-order valence-corrected chi connectivity index (χ4v) is 3.71. The maximum atomic E-state index is 10.5. The quantitative estimate of drug-likeness (QED) is 0.878. The van der Waals surface area contributed by atoms with Crippen LogP contribution in [-0.4, -0.2) is 39.8 Å². The molecule has 0 spiro atoms. The summed E-state index contributed by atoms with van der Waals surface area (Å²) in [6.45, 7) is 0.894. The molecular formula is C17H24ClN3O. The number of rotatable bonds is 5. The molecular weight excluding hydrogens is 298 g/mol. The molecule has 1 aromatic heterocycles. The molecule has 1 unspecified atom stereocenters. The summed E-state index contributed by atoms with van der Waals surface area (Å²) in [5, 5.41) is 19.0. The van der Waals surface area contributed by atoms with Crippen LogP contribution in [0.25, 0.3) is 10.9 Å². The van der Waals surface area contributed by atoms with Crippen molar-refractivity contribution in [2.45, 2.75) is 50.7 Å². The molecule has 1 aromatic carbocycles. The van der Waals surface area contributed by atoms with E-state index in [0.717, 1.165) is 23.0 Å². The third-order valence-electron chi connectivity index (χ3n) is 4.87. The van der Waals surface area contributed by atoms with Crippen LogP contribution in [0.5, 0.6) is 0 Å². The average Bonchev–Trinajstić information content (AvgIpc) is 2.99.